The topological polar surface area (TPSA) is 47.4 Å². The molecule has 3 aromatic rings. The fourth-order valence-corrected chi connectivity index (χ4v) is 3.81. The van der Waals surface area contributed by atoms with Gasteiger partial charge in [-0.3, -0.25) is 9.48 Å². The predicted molar refractivity (Wildman–Crippen MR) is 117 cm³/mol. The van der Waals surface area contributed by atoms with Crippen LogP contribution in [-0.4, -0.2) is 26.6 Å². The van der Waals surface area contributed by atoms with E-state index in [2.05, 4.69) is 12.0 Å². The molecular weight excluding hydrogens is 374 g/mol. The Bertz CT molecular complexity index is 1020. The SMILES string of the molecule is Cc1nn(C)c(C)c1CN(C(=O)Cc1ccccc1OCc1ccccc1)C1CC1. The minimum atomic E-state index is 0.149. The Morgan fingerprint density at radius 3 is 2.47 bits per heavy atom. The smallest absolute Gasteiger partial charge is 0.227 e. The maximum Gasteiger partial charge on any atom is 0.227 e. The van der Waals surface area contributed by atoms with Crippen molar-refractivity contribution >= 4 is 5.91 Å². The molecule has 0 radical (unpaired) electrons. The highest BCUT2D eigenvalue weighted by Crippen LogP contribution is 2.31. The van der Waals surface area contributed by atoms with Gasteiger partial charge < -0.3 is 9.64 Å². The second-order valence-electron chi connectivity index (χ2n) is 8.08. The Kier molecular flexibility index (Phi) is 5.88. The number of benzene rings is 2. The van der Waals surface area contributed by atoms with Gasteiger partial charge in [-0.25, -0.2) is 0 Å². The number of amides is 1. The predicted octanol–water partition coefficient (Wildman–Crippen LogP) is 4.35. The number of rotatable bonds is 8. The number of aryl methyl sites for hydroxylation is 2. The highest BCUT2D eigenvalue weighted by molar-refractivity contribution is 5.80. The molecular formula is C25H29N3O2. The van der Waals surface area contributed by atoms with E-state index in [4.69, 9.17) is 4.74 Å². The second kappa shape index (κ2) is 8.74. The average Bonchev–Trinajstić information content (AvgIpc) is 3.55. The van der Waals surface area contributed by atoms with E-state index in [-0.39, 0.29) is 5.91 Å². The van der Waals surface area contributed by atoms with Crippen molar-refractivity contribution < 1.29 is 9.53 Å². The summed E-state index contributed by atoms with van der Waals surface area (Å²) in [4.78, 5) is 15.3. The second-order valence-corrected chi connectivity index (χ2v) is 8.08. The zero-order valence-corrected chi connectivity index (χ0v) is 18.0. The molecule has 1 aliphatic carbocycles. The van der Waals surface area contributed by atoms with Crippen LogP contribution in [0.5, 0.6) is 5.75 Å². The van der Waals surface area contributed by atoms with Crippen LogP contribution < -0.4 is 4.74 Å². The number of hydrogen-bond donors (Lipinski definition) is 0. The maximum atomic E-state index is 13.3. The summed E-state index contributed by atoms with van der Waals surface area (Å²) in [5.74, 6) is 0.926. The first-order valence-corrected chi connectivity index (χ1v) is 10.6. The first kappa shape index (κ1) is 20.2. The Hall–Kier alpha value is -3.08. The average molecular weight is 404 g/mol. The number of carbonyl (C=O) groups excluding carboxylic acids is 1. The molecule has 1 saturated carbocycles. The highest BCUT2D eigenvalue weighted by atomic mass is 16.5. The van der Waals surface area contributed by atoms with Gasteiger partial charge in [-0.2, -0.15) is 5.10 Å². The number of hydrogen-bond acceptors (Lipinski definition) is 3. The van der Waals surface area contributed by atoms with Gasteiger partial charge >= 0.3 is 0 Å². The van der Waals surface area contributed by atoms with Crippen molar-refractivity contribution in [2.75, 3.05) is 0 Å². The zero-order chi connectivity index (χ0) is 21.1. The van der Waals surface area contributed by atoms with Gasteiger partial charge in [0.2, 0.25) is 5.91 Å². The van der Waals surface area contributed by atoms with Gasteiger partial charge in [-0.15, -0.1) is 0 Å². The highest BCUT2D eigenvalue weighted by Gasteiger charge is 2.33. The van der Waals surface area contributed by atoms with E-state index in [1.165, 1.54) is 0 Å². The molecule has 0 atom stereocenters. The molecule has 4 rings (SSSR count). The number of aromatic nitrogens is 2. The molecule has 0 spiro atoms. The number of carbonyl (C=O) groups is 1. The number of para-hydroxylation sites is 1. The van der Waals surface area contributed by atoms with Gasteiger partial charge in [0.15, 0.2) is 0 Å². The van der Waals surface area contributed by atoms with Gasteiger partial charge in [-0.05, 0) is 38.3 Å². The fraction of sp³-hybridized carbons (Fsp3) is 0.360. The normalized spacial score (nSPS) is 13.3. The molecule has 1 fully saturated rings. The first-order valence-electron chi connectivity index (χ1n) is 10.6. The number of nitrogens with zero attached hydrogens (tertiary/aromatic N) is 3. The van der Waals surface area contributed by atoms with Crippen LogP contribution in [0.2, 0.25) is 0 Å². The van der Waals surface area contributed by atoms with Crippen molar-refractivity contribution in [3.8, 4) is 5.75 Å². The molecule has 0 saturated heterocycles. The number of ether oxygens (including phenoxy) is 1. The van der Waals surface area contributed by atoms with E-state index in [9.17, 15) is 4.79 Å². The summed E-state index contributed by atoms with van der Waals surface area (Å²) in [5, 5.41) is 4.51. The summed E-state index contributed by atoms with van der Waals surface area (Å²) in [5.41, 5.74) is 5.33. The van der Waals surface area contributed by atoms with E-state index >= 15 is 0 Å². The van der Waals surface area contributed by atoms with Gasteiger partial charge in [0.25, 0.3) is 0 Å². The standard InChI is InChI=1S/C25H29N3O2/c1-18-23(19(2)27(3)26-18)16-28(22-13-14-22)25(29)15-21-11-7-8-12-24(21)30-17-20-9-5-4-6-10-20/h4-12,22H,13-17H2,1-3H3. The van der Waals surface area contributed by atoms with Gasteiger partial charge in [-0.1, -0.05) is 48.5 Å². The summed E-state index contributed by atoms with van der Waals surface area (Å²) in [6.45, 7) is 5.21. The quantitative estimate of drug-likeness (QED) is 0.562. The van der Waals surface area contributed by atoms with Crippen LogP contribution in [0.1, 0.15) is 40.9 Å². The first-order chi connectivity index (χ1) is 14.5. The maximum absolute atomic E-state index is 13.3. The summed E-state index contributed by atoms with van der Waals surface area (Å²) in [6.07, 6.45) is 2.51. The molecule has 0 bridgehead atoms. The lowest BCUT2D eigenvalue weighted by Crippen LogP contribution is -2.34. The van der Waals surface area contributed by atoms with Crippen molar-refractivity contribution in [1.82, 2.24) is 14.7 Å². The van der Waals surface area contributed by atoms with Crippen molar-refractivity contribution in [2.45, 2.75) is 52.3 Å². The Morgan fingerprint density at radius 2 is 1.80 bits per heavy atom. The molecule has 5 heteroatoms. The molecule has 5 nitrogen and oxygen atoms in total. The van der Waals surface area contributed by atoms with E-state index in [0.717, 1.165) is 46.7 Å². The molecule has 0 N–H and O–H groups in total. The molecule has 30 heavy (non-hydrogen) atoms. The van der Waals surface area contributed by atoms with Gasteiger partial charge in [0, 0.05) is 36.5 Å². The Labute approximate surface area is 178 Å². The molecule has 0 aliphatic heterocycles. The molecule has 1 aromatic heterocycles. The zero-order valence-electron chi connectivity index (χ0n) is 18.0. The van der Waals surface area contributed by atoms with Crippen molar-refractivity contribution in [3.63, 3.8) is 0 Å². The monoisotopic (exact) mass is 403 g/mol. The molecule has 1 aliphatic rings. The van der Waals surface area contributed by atoms with Gasteiger partial charge in [0.05, 0.1) is 12.1 Å². The van der Waals surface area contributed by atoms with E-state index in [0.29, 0.717) is 25.6 Å². The lowest BCUT2D eigenvalue weighted by Gasteiger charge is -2.23. The van der Waals surface area contributed by atoms with Crippen molar-refractivity contribution in [3.05, 3.63) is 82.7 Å². The largest absolute Gasteiger partial charge is 0.489 e. The van der Waals surface area contributed by atoms with E-state index < -0.39 is 0 Å². The minimum absolute atomic E-state index is 0.149. The summed E-state index contributed by atoms with van der Waals surface area (Å²) in [6, 6.07) is 18.3. The van der Waals surface area contributed by atoms with Crippen LogP contribution in [0, 0.1) is 13.8 Å². The Morgan fingerprint density at radius 1 is 1.10 bits per heavy atom. The third kappa shape index (κ3) is 4.56. The molecule has 0 unspecified atom stereocenters. The lowest BCUT2D eigenvalue weighted by molar-refractivity contribution is -0.131. The summed E-state index contributed by atoms with van der Waals surface area (Å²) < 4.78 is 7.95. The van der Waals surface area contributed by atoms with Gasteiger partial charge in [0.1, 0.15) is 12.4 Å². The third-order valence-electron chi connectivity index (χ3n) is 5.85. The fourth-order valence-electron chi connectivity index (χ4n) is 3.81. The van der Waals surface area contributed by atoms with Crippen LogP contribution in [0.15, 0.2) is 54.6 Å². The van der Waals surface area contributed by atoms with E-state index in [1.54, 1.807) is 0 Å². The summed E-state index contributed by atoms with van der Waals surface area (Å²) in [7, 11) is 1.95. The van der Waals surface area contributed by atoms with E-state index in [1.807, 2.05) is 78.2 Å². The molecule has 1 heterocycles. The van der Waals surface area contributed by atoms with Crippen LogP contribution in [0.25, 0.3) is 0 Å². The molecule has 1 amide bonds. The van der Waals surface area contributed by atoms with Crippen LogP contribution in [-0.2, 0) is 31.4 Å². The minimum Gasteiger partial charge on any atom is -0.489 e. The molecule has 2 aromatic carbocycles. The summed E-state index contributed by atoms with van der Waals surface area (Å²) >= 11 is 0. The van der Waals surface area contributed by atoms with Crippen LogP contribution in [0.3, 0.4) is 0 Å². The Balaban J connectivity index is 1.48. The molecule has 156 valence electrons. The van der Waals surface area contributed by atoms with Crippen LogP contribution in [0.4, 0.5) is 0 Å². The van der Waals surface area contributed by atoms with Crippen LogP contribution >= 0.6 is 0 Å². The lowest BCUT2D eigenvalue weighted by atomic mass is 10.1. The van der Waals surface area contributed by atoms with Crippen molar-refractivity contribution in [2.24, 2.45) is 7.05 Å². The van der Waals surface area contributed by atoms with Crippen molar-refractivity contribution in [1.29, 1.82) is 0 Å². The third-order valence-corrected chi connectivity index (χ3v) is 5.85.